The van der Waals surface area contributed by atoms with Gasteiger partial charge in [0, 0.05) is 48.6 Å². The summed E-state index contributed by atoms with van der Waals surface area (Å²) in [5, 5.41) is 8.57. The van der Waals surface area contributed by atoms with Gasteiger partial charge < -0.3 is 15.8 Å². The van der Waals surface area contributed by atoms with E-state index in [1.807, 2.05) is 18.6 Å². The van der Waals surface area contributed by atoms with Crippen LogP contribution in [0.5, 0.6) is 0 Å². The minimum absolute atomic E-state index is 0.0179. The van der Waals surface area contributed by atoms with E-state index >= 15 is 8.78 Å². The van der Waals surface area contributed by atoms with Crippen LogP contribution in [0.2, 0.25) is 5.02 Å². The number of sulfonamides is 1. The molecule has 2 aromatic carbocycles. The van der Waals surface area contributed by atoms with E-state index in [-0.39, 0.29) is 34.1 Å². The van der Waals surface area contributed by atoms with Gasteiger partial charge in [0.15, 0.2) is 0 Å². The van der Waals surface area contributed by atoms with Gasteiger partial charge in [0.05, 0.1) is 23.2 Å². The third-order valence-corrected chi connectivity index (χ3v) is 9.55. The first-order valence-corrected chi connectivity index (χ1v) is 16.1. The summed E-state index contributed by atoms with van der Waals surface area (Å²) in [5.41, 5.74) is 7.17. The lowest BCUT2D eigenvalue weighted by molar-refractivity contribution is 0.191. The molecular formula is C30H34ClF3N6O3S. The van der Waals surface area contributed by atoms with E-state index in [1.165, 1.54) is 6.07 Å². The van der Waals surface area contributed by atoms with Gasteiger partial charge >= 0.3 is 0 Å². The number of hydrogen-bond donors (Lipinski definition) is 3. The van der Waals surface area contributed by atoms with E-state index in [4.69, 9.17) is 22.1 Å². The first-order valence-electron chi connectivity index (χ1n) is 14.3. The Morgan fingerprint density at radius 1 is 1.09 bits per heavy atom. The number of hydrogen-bond acceptors (Lipinski definition) is 7. The highest BCUT2D eigenvalue weighted by molar-refractivity contribution is 7.92. The van der Waals surface area contributed by atoms with Crippen molar-refractivity contribution in [3.63, 3.8) is 0 Å². The molecule has 1 saturated carbocycles. The van der Waals surface area contributed by atoms with Crippen LogP contribution in [-0.2, 0) is 14.8 Å². The van der Waals surface area contributed by atoms with Crippen LogP contribution in [0.15, 0.2) is 41.4 Å². The highest BCUT2D eigenvalue weighted by Crippen LogP contribution is 2.42. The van der Waals surface area contributed by atoms with Crippen molar-refractivity contribution in [2.45, 2.75) is 62.4 Å². The van der Waals surface area contributed by atoms with Crippen molar-refractivity contribution in [2.24, 2.45) is 0 Å². The number of nitrogens with one attached hydrogen (secondary N) is 2. The maximum absolute atomic E-state index is 15.7. The molecule has 4 aromatic rings. The van der Waals surface area contributed by atoms with E-state index in [1.54, 1.807) is 18.0 Å². The average Bonchev–Trinajstić information content (AvgIpc) is 3.37. The van der Waals surface area contributed by atoms with E-state index in [2.05, 4.69) is 15.4 Å². The zero-order chi connectivity index (χ0) is 31.8. The molecule has 5 rings (SSSR count). The number of nitrogens with zero attached hydrogens (tertiary/aromatic N) is 3. The second-order valence-electron chi connectivity index (χ2n) is 11.2. The Morgan fingerprint density at radius 2 is 1.82 bits per heavy atom. The molecule has 44 heavy (non-hydrogen) atoms. The Morgan fingerprint density at radius 3 is 2.48 bits per heavy atom. The molecule has 0 amide bonds. The molecule has 0 unspecified atom stereocenters. The molecular weight excluding hydrogens is 617 g/mol. The number of rotatable bonds is 10. The predicted molar refractivity (Wildman–Crippen MR) is 165 cm³/mol. The number of aromatic nitrogens is 3. The van der Waals surface area contributed by atoms with E-state index in [0.29, 0.717) is 29.6 Å². The van der Waals surface area contributed by atoms with Crippen molar-refractivity contribution >= 4 is 44.0 Å². The molecule has 0 spiro atoms. The molecule has 236 valence electrons. The number of halogens is 4. The quantitative estimate of drug-likeness (QED) is 0.170. The van der Waals surface area contributed by atoms with Gasteiger partial charge in [0.1, 0.15) is 33.9 Å². The monoisotopic (exact) mass is 650 g/mol. The van der Waals surface area contributed by atoms with Gasteiger partial charge in [0.25, 0.3) is 10.0 Å². The van der Waals surface area contributed by atoms with Crippen LogP contribution >= 0.6 is 11.6 Å². The normalized spacial score (nSPS) is 17.5. The summed E-state index contributed by atoms with van der Waals surface area (Å²) >= 11 is 5.71. The second-order valence-corrected chi connectivity index (χ2v) is 13.3. The standard InChI is InChI=1S/C30H34ClF3N6O3S/c1-16(2)40-29-21(17-4-7-19(8-5-17)36-10-11-43-3)15-37-30(35)27(29)28(38-40)20-13-23(33)25(14-22(20)32)39-44(41,42)26-9-6-18(31)12-24(26)34/h6,9,12-17,19,36,39H,4-5,7-8,10-11H2,1-3H3,(H2,35,37)/t17-,19-. The third-order valence-electron chi connectivity index (χ3n) is 7.92. The minimum atomic E-state index is -4.61. The molecule has 2 aromatic heterocycles. The zero-order valence-electron chi connectivity index (χ0n) is 24.5. The van der Waals surface area contributed by atoms with Crippen LogP contribution in [0.25, 0.3) is 22.2 Å². The molecule has 14 heteroatoms. The van der Waals surface area contributed by atoms with Crippen molar-refractivity contribution in [1.82, 2.24) is 20.1 Å². The lowest BCUT2D eigenvalue weighted by Gasteiger charge is -2.30. The zero-order valence-corrected chi connectivity index (χ0v) is 26.1. The van der Waals surface area contributed by atoms with Gasteiger partial charge in [-0.15, -0.1) is 0 Å². The lowest BCUT2D eigenvalue weighted by Crippen LogP contribution is -2.34. The first-order chi connectivity index (χ1) is 20.9. The van der Waals surface area contributed by atoms with Gasteiger partial charge in [-0.2, -0.15) is 5.10 Å². The maximum atomic E-state index is 15.7. The summed E-state index contributed by atoms with van der Waals surface area (Å²) in [7, 11) is -2.93. The van der Waals surface area contributed by atoms with Crippen molar-refractivity contribution in [3.8, 4) is 11.3 Å². The fraction of sp³-hybridized carbons (Fsp3) is 0.400. The van der Waals surface area contributed by atoms with Crippen molar-refractivity contribution in [2.75, 3.05) is 30.7 Å². The second kappa shape index (κ2) is 12.9. The lowest BCUT2D eigenvalue weighted by atomic mass is 9.81. The van der Waals surface area contributed by atoms with Crippen LogP contribution in [0.1, 0.15) is 57.1 Å². The summed E-state index contributed by atoms with van der Waals surface area (Å²) in [6.07, 6.45) is 5.46. The number of nitrogens with two attached hydrogens (primary N) is 1. The summed E-state index contributed by atoms with van der Waals surface area (Å²) in [6, 6.07) is 4.70. The Kier molecular flexibility index (Phi) is 9.40. The number of benzene rings is 2. The van der Waals surface area contributed by atoms with Crippen LogP contribution in [-0.4, -0.2) is 49.5 Å². The van der Waals surface area contributed by atoms with Crippen LogP contribution < -0.4 is 15.8 Å². The predicted octanol–water partition coefficient (Wildman–Crippen LogP) is 6.40. The largest absolute Gasteiger partial charge is 0.383 e. The molecule has 1 fully saturated rings. The number of anilines is 2. The fourth-order valence-corrected chi connectivity index (χ4v) is 7.03. The molecule has 4 N–H and O–H groups in total. The maximum Gasteiger partial charge on any atom is 0.264 e. The van der Waals surface area contributed by atoms with Crippen molar-refractivity contribution in [1.29, 1.82) is 0 Å². The van der Waals surface area contributed by atoms with Gasteiger partial charge in [-0.1, -0.05) is 11.6 Å². The number of ether oxygens (including phenoxy) is 1. The summed E-state index contributed by atoms with van der Waals surface area (Å²) in [4.78, 5) is 3.66. The van der Waals surface area contributed by atoms with Crippen LogP contribution in [0, 0.1) is 17.5 Å². The summed E-state index contributed by atoms with van der Waals surface area (Å²) < 4.78 is 79.8. The van der Waals surface area contributed by atoms with Crippen LogP contribution in [0.4, 0.5) is 24.7 Å². The van der Waals surface area contributed by atoms with Gasteiger partial charge in [-0.05, 0) is 75.3 Å². The molecule has 9 nitrogen and oxygen atoms in total. The Balaban J connectivity index is 1.52. The number of pyridine rings is 1. The molecule has 2 heterocycles. The SMILES string of the molecule is COCCN[C@H]1CC[C@H](c2cnc(N)c3c(-c4cc(F)c(NS(=O)(=O)c5ccc(Cl)cc5F)cc4F)nn(C(C)C)c32)CC1. The fourth-order valence-electron chi connectivity index (χ4n) is 5.75. The third kappa shape index (κ3) is 6.37. The topological polar surface area (TPSA) is 124 Å². The van der Waals surface area contributed by atoms with Crippen molar-refractivity contribution < 1.29 is 26.3 Å². The summed E-state index contributed by atoms with van der Waals surface area (Å²) in [6.45, 7) is 5.28. The molecule has 1 aliphatic carbocycles. The highest BCUT2D eigenvalue weighted by Gasteiger charge is 2.30. The van der Waals surface area contributed by atoms with E-state index in [9.17, 15) is 12.8 Å². The Labute approximate surface area is 259 Å². The number of nitrogen functional groups attached to an aromatic ring is 1. The molecule has 0 atom stereocenters. The van der Waals surface area contributed by atoms with Gasteiger partial charge in [-0.3, -0.25) is 9.40 Å². The van der Waals surface area contributed by atoms with E-state index in [0.717, 1.165) is 56.0 Å². The molecule has 0 saturated heterocycles. The van der Waals surface area contributed by atoms with Gasteiger partial charge in [0.2, 0.25) is 0 Å². The smallest absolute Gasteiger partial charge is 0.264 e. The average molecular weight is 651 g/mol. The van der Waals surface area contributed by atoms with Crippen LogP contribution in [0.3, 0.4) is 0 Å². The molecule has 0 aliphatic heterocycles. The van der Waals surface area contributed by atoms with Crippen molar-refractivity contribution in [3.05, 3.63) is 64.6 Å². The summed E-state index contributed by atoms with van der Waals surface area (Å²) in [5.74, 6) is -2.90. The number of methoxy groups -OCH3 is 1. The first kappa shape index (κ1) is 32.0. The molecule has 0 bridgehead atoms. The Hall–Kier alpha value is -3.39. The molecule has 1 aliphatic rings. The van der Waals surface area contributed by atoms with E-state index < -0.39 is 38.1 Å². The number of fused-ring (bicyclic) bond motifs is 1. The highest BCUT2D eigenvalue weighted by atomic mass is 35.5. The minimum Gasteiger partial charge on any atom is -0.383 e. The Bertz CT molecular complexity index is 1790. The van der Waals surface area contributed by atoms with Gasteiger partial charge in [-0.25, -0.2) is 26.6 Å². The molecule has 0 radical (unpaired) electrons.